The number of benzene rings is 2. The quantitative estimate of drug-likeness (QED) is 0.586. The molecule has 31 heavy (non-hydrogen) atoms. The second-order valence-corrected chi connectivity index (χ2v) is 8.41. The number of rotatable bonds is 5. The first kappa shape index (κ1) is 21.2. The van der Waals surface area contributed by atoms with Crippen molar-refractivity contribution in [1.82, 2.24) is 14.7 Å². The Balaban J connectivity index is 1.41. The highest BCUT2D eigenvalue weighted by atomic mass is 79.9. The van der Waals surface area contributed by atoms with Crippen LogP contribution in [0, 0.1) is 11.7 Å². The van der Waals surface area contributed by atoms with Gasteiger partial charge in [-0.15, -0.1) is 0 Å². The number of amides is 2. The maximum Gasteiger partial charge on any atom is 0.253 e. The van der Waals surface area contributed by atoms with Crippen molar-refractivity contribution < 1.29 is 14.0 Å². The van der Waals surface area contributed by atoms with Gasteiger partial charge in [0.15, 0.2) is 0 Å². The second-order valence-electron chi connectivity index (χ2n) is 7.55. The molecule has 1 atom stereocenters. The van der Waals surface area contributed by atoms with Gasteiger partial charge in [0.1, 0.15) is 11.6 Å². The molecule has 1 saturated heterocycles. The summed E-state index contributed by atoms with van der Waals surface area (Å²) in [5.41, 5.74) is 1.48. The predicted octanol–water partition coefficient (Wildman–Crippen LogP) is 4.32. The van der Waals surface area contributed by atoms with Crippen LogP contribution in [0.25, 0.3) is 0 Å². The number of aromatic nitrogens is 2. The van der Waals surface area contributed by atoms with E-state index in [-0.39, 0.29) is 23.5 Å². The Kier molecular flexibility index (Phi) is 6.46. The zero-order valence-electron chi connectivity index (χ0n) is 16.8. The van der Waals surface area contributed by atoms with E-state index < -0.39 is 0 Å². The predicted molar refractivity (Wildman–Crippen MR) is 119 cm³/mol. The number of nitrogens with one attached hydrogen (secondary N) is 1. The van der Waals surface area contributed by atoms with Crippen molar-refractivity contribution in [3.05, 3.63) is 82.2 Å². The second kappa shape index (κ2) is 9.43. The highest BCUT2D eigenvalue weighted by Crippen LogP contribution is 2.22. The molecule has 4 rings (SSSR count). The average molecular weight is 485 g/mol. The molecule has 1 N–H and O–H groups in total. The topological polar surface area (TPSA) is 67.2 Å². The molecule has 0 aliphatic carbocycles. The summed E-state index contributed by atoms with van der Waals surface area (Å²) in [7, 11) is 0. The van der Waals surface area contributed by atoms with Gasteiger partial charge in [-0.05, 0) is 48.7 Å². The molecule has 2 amide bonds. The van der Waals surface area contributed by atoms with E-state index in [1.165, 1.54) is 24.3 Å². The van der Waals surface area contributed by atoms with Crippen molar-refractivity contribution in [2.75, 3.05) is 18.4 Å². The van der Waals surface area contributed by atoms with Gasteiger partial charge >= 0.3 is 0 Å². The number of carbonyl (C=O) groups is 2. The van der Waals surface area contributed by atoms with Gasteiger partial charge < -0.3 is 10.2 Å². The summed E-state index contributed by atoms with van der Waals surface area (Å²) < 4.78 is 15.9. The SMILES string of the molecule is O=C(Nc1ccnn1Cc1ccccc1Br)[C@@H]1CCCN(C(=O)c2ccc(F)cc2)C1. The van der Waals surface area contributed by atoms with Crippen LogP contribution in [0.3, 0.4) is 0 Å². The molecule has 0 radical (unpaired) electrons. The van der Waals surface area contributed by atoms with E-state index in [0.717, 1.165) is 16.5 Å². The molecule has 160 valence electrons. The first-order chi connectivity index (χ1) is 15.0. The summed E-state index contributed by atoms with van der Waals surface area (Å²) in [6.07, 6.45) is 3.09. The van der Waals surface area contributed by atoms with E-state index in [1.54, 1.807) is 21.8 Å². The Morgan fingerprint density at radius 3 is 2.68 bits per heavy atom. The highest BCUT2D eigenvalue weighted by Gasteiger charge is 2.29. The summed E-state index contributed by atoms with van der Waals surface area (Å²) in [6, 6.07) is 15.1. The lowest BCUT2D eigenvalue weighted by atomic mass is 9.96. The lowest BCUT2D eigenvalue weighted by Crippen LogP contribution is -2.43. The van der Waals surface area contributed by atoms with Crippen molar-refractivity contribution >= 4 is 33.6 Å². The van der Waals surface area contributed by atoms with Gasteiger partial charge in [0, 0.05) is 29.2 Å². The third-order valence-corrected chi connectivity index (χ3v) is 6.19. The molecule has 0 bridgehead atoms. The number of halogens is 2. The van der Waals surface area contributed by atoms with Crippen LogP contribution in [-0.4, -0.2) is 39.6 Å². The van der Waals surface area contributed by atoms with Gasteiger partial charge in [0.25, 0.3) is 5.91 Å². The van der Waals surface area contributed by atoms with Crippen LogP contribution in [0.15, 0.2) is 65.3 Å². The number of anilines is 1. The van der Waals surface area contributed by atoms with Crippen molar-refractivity contribution in [3.63, 3.8) is 0 Å². The van der Waals surface area contributed by atoms with Crippen molar-refractivity contribution in [3.8, 4) is 0 Å². The normalized spacial score (nSPS) is 16.2. The van der Waals surface area contributed by atoms with Gasteiger partial charge in [-0.25, -0.2) is 9.07 Å². The van der Waals surface area contributed by atoms with Crippen molar-refractivity contribution in [2.45, 2.75) is 19.4 Å². The minimum Gasteiger partial charge on any atom is -0.338 e. The highest BCUT2D eigenvalue weighted by molar-refractivity contribution is 9.10. The zero-order valence-corrected chi connectivity index (χ0v) is 18.4. The Morgan fingerprint density at radius 1 is 1.13 bits per heavy atom. The summed E-state index contributed by atoms with van der Waals surface area (Å²) in [4.78, 5) is 27.3. The number of nitrogens with zero attached hydrogens (tertiary/aromatic N) is 3. The summed E-state index contributed by atoms with van der Waals surface area (Å²) in [6.45, 7) is 1.43. The van der Waals surface area contributed by atoms with Crippen LogP contribution in [-0.2, 0) is 11.3 Å². The molecule has 1 fully saturated rings. The Hall–Kier alpha value is -3.00. The lowest BCUT2D eigenvalue weighted by molar-refractivity contribution is -0.121. The van der Waals surface area contributed by atoms with Crippen LogP contribution in [0.4, 0.5) is 10.2 Å². The van der Waals surface area contributed by atoms with E-state index in [2.05, 4.69) is 26.3 Å². The smallest absolute Gasteiger partial charge is 0.253 e. The van der Waals surface area contributed by atoms with Gasteiger partial charge in [-0.1, -0.05) is 34.1 Å². The van der Waals surface area contributed by atoms with Crippen LogP contribution < -0.4 is 5.32 Å². The standard InChI is InChI=1S/C23H22BrFN4O2/c24-20-6-2-1-4-17(20)15-29-21(11-12-26-29)27-22(30)18-5-3-13-28(14-18)23(31)16-7-9-19(25)10-8-16/h1-2,4,6-12,18H,3,5,13-15H2,(H,27,30)/t18-/m1/s1. The minimum atomic E-state index is -0.383. The number of likely N-dealkylation sites (tertiary alicyclic amines) is 1. The summed E-state index contributed by atoms with van der Waals surface area (Å²) in [5.74, 6) is -0.402. The molecule has 0 spiro atoms. The Morgan fingerprint density at radius 2 is 1.90 bits per heavy atom. The van der Waals surface area contributed by atoms with Crippen LogP contribution >= 0.6 is 15.9 Å². The molecule has 0 saturated carbocycles. The molecular weight excluding hydrogens is 463 g/mol. The number of hydrogen-bond acceptors (Lipinski definition) is 3. The minimum absolute atomic E-state index is 0.134. The molecule has 1 aliphatic heterocycles. The van der Waals surface area contributed by atoms with E-state index >= 15 is 0 Å². The van der Waals surface area contributed by atoms with Crippen LogP contribution in [0.2, 0.25) is 0 Å². The largest absolute Gasteiger partial charge is 0.338 e. The van der Waals surface area contributed by atoms with Crippen molar-refractivity contribution in [2.24, 2.45) is 5.92 Å². The number of hydrogen-bond donors (Lipinski definition) is 1. The molecule has 2 heterocycles. The zero-order chi connectivity index (χ0) is 21.8. The third kappa shape index (κ3) is 5.02. The maximum atomic E-state index is 13.1. The fourth-order valence-corrected chi connectivity index (χ4v) is 4.14. The third-order valence-electron chi connectivity index (χ3n) is 5.42. The first-order valence-electron chi connectivity index (χ1n) is 10.1. The van der Waals surface area contributed by atoms with Gasteiger partial charge in [-0.2, -0.15) is 5.10 Å². The van der Waals surface area contributed by atoms with Gasteiger partial charge in [0.05, 0.1) is 18.7 Å². The van der Waals surface area contributed by atoms with Gasteiger partial charge in [-0.3, -0.25) is 9.59 Å². The molecular formula is C23H22BrFN4O2. The molecule has 6 nitrogen and oxygen atoms in total. The molecule has 1 aromatic heterocycles. The summed E-state index contributed by atoms with van der Waals surface area (Å²) >= 11 is 3.54. The average Bonchev–Trinajstić information content (AvgIpc) is 3.22. The van der Waals surface area contributed by atoms with E-state index in [9.17, 15) is 14.0 Å². The molecule has 8 heteroatoms. The maximum absolute atomic E-state index is 13.1. The first-order valence-corrected chi connectivity index (χ1v) is 10.9. The molecule has 1 aliphatic rings. The summed E-state index contributed by atoms with van der Waals surface area (Å²) in [5, 5.41) is 7.29. The van der Waals surface area contributed by atoms with Crippen LogP contribution in [0.5, 0.6) is 0 Å². The van der Waals surface area contributed by atoms with E-state index in [4.69, 9.17) is 0 Å². The fourth-order valence-electron chi connectivity index (χ4n) is 3.73. The number of piperidine rings is 1. The number of carbonyl (C=O) groups excluding carboxylic acids is 2. The molecule has 3 aromatic rings. The Bertz CT molecular complexity index is 1080. The van der Waals surface area contributed by atoms with E-state index in [0.29, 0.717) is 37.4 Å². The van der Waals surface area contributed by atoms with E-state index in [1.807, 2.05) is 24.3 Å². The molecule has 2 aromatic carbocycles. The monoisotopic (exact) mass is 484 g/mol. The van der Waals surface area contributed by atoms with Crippen LogP contribution in [0.1, 0.15) is 28.8 Å². The van der Waals surface area contributed by atoms with Gasteiger partial charge in [0.2, 0.25) is 5.91 Å². The lowest BCUT2D eigenvalue weighted by Gasteiger charge is -2.32. The fraction of sp³-hybridized carbons (Fsp3) is 0.261. The molecule has 0 unspecified atom stereocenters. The van der Waals surface area contributed by atoms with Crippen molar-refractivity contribution in [1.29, 1.82) is 0 Å². The Labute approximate surface area is 188 Å².